The summed E-state index contributed by atoms with van der Waals surface area (Å²) in [4.78, 5) is 12.1. The summed E-state index contributed by atoms with van der Waals surface area (Å²) >= 11 is 0. The Kier molecular flexibility index (Phi) is 5.12. The van der Waals surface area contributed by atoms with Gasteiger partial charge in [0.25, 0.3) is 5.91 Å². The summed E-state index contributed by atoms with van der Waals surface area (Å²) < 4.78 is 18.3. The zero-order valence-corrected chi connectivity index (χ0v) is 12.5. The number of ether oxygens (including phenoxy) is 1. The molecule has 5 heteroatoms. The third kappa shape index (κ3) is 3.83. The van der Waals surface area contributed by atoms with E-state index in [1.54, 1.807) is 44.4 Å². The average molecular weight is 303 g/mol. The summed E-state index contributed by atoms with van der Waals surface area (Å²) in [5, 5.41) is 12.7. The highest BCUT2D eigenvalue weighted by atomic mass is 19.1. The number of hydrogen-bond donors (Lipinski definition) is 2. The van der Waals surface area contributed by atoms with E-state index in [4.69, 9.17) is 4.74 Å². The number of halogens is 1. The van der Waals surface area contributed by atoms with Crippen LogP contribution in [0.5, 0.6) is 5.75 Å². The average Bonchev–Trinajstić information content (AvgIpc) is 2.54. The summed E-state index contributed by atoms with van der Waals surface area (Å²) in [7, 11) is 1.54. The number of methoxy groups -OCH3 is 1. The van der Waals surface area contributed by atoms with Crippen molar-refractivity contribution in [1.82, 2.24) is 5.32 Å². The lowest BCUT2D eigenvalue weighted by Crippen LogP contribution is -2.29. The van der Waals surface area contributed by atoms with Gasteiger partial charge >= 0.3 is 0 Å². The van der Waals surface area contributed by atoms with Crippen LogP contribution in [0, 0.1) is 12.7 Å². The van der Waals surface area contributed by atoms with E-state index in [0.29, 0.717) is 16.9 Å². The monoisotopic (exact) mass is 303 g/mol. The van der Waals surface area contributed by atoms with Crippen LogP contribution in [0.25, 0.3) is 0 Å². The molecule has 0 saturated carbocycles. The smallest absolute Gasteiger partial charge is 0.251 e. The number of aliphatic hydroxyl groups excluding tert-OH is 1. The minimum absolute atomic E-state index is 0.0297. The quantitative estimate of drug-likeness (QED) is 0.892. The highest BCUT2D eigenvalue weighted by Crippen LogP contribution is 2.18. The van der Waals surface area contributed by atoms with Gasteiger partial charge in [-0.05, 0) is 42.3 Å². The maximum atomic E-state index is 13.2. The summed E-state index contributed by atoms with van der Waals surface area (Å²) in [5.74, 6) is -0.258. The van der Waals surface area contributed by atoms with Crippen molar-refractivity contribution in [2.45, 2.75) is 13.0 Å². The molecule has 2 aromatic rings. The van der Waals surface area contributed by atoms with Crippen molar-refractivity contribution in [1.29, 1.82) is 0 Å². The van der Waals surface area contributed by atoms with Crippen LogP contribution in [-0.2, 0) is 0 Å². The lowest BCUT2D eigenvalue weighted by Gasteiger charge is -2.14. The van der Waals surface area contributed by atoms with E-state index >= 15 is 0 Å². The summed E-state index contributed by atoms with van der Waals surface area (Å²) in [6.45, 7) is 1.76. The predicted molar refractivity (Wildman–Crippen MR) is 81.4 cm³/mol. The van der Waals surface area contributed by atoms with Crippen molar-refractivity contribution in [3.63, 3.8) is 0 Å². The van der Waals surface area contributed by atoms with E-state index in [1.165, 1.54) is 12.1 Å². The molecule has 1 amide bonds. The lowest BCUT2D eigenvalue weighted by atomic mass is 10.1. The van der Waals surface area contributed by atoms with Gasteiger partial charge in [0.1, 0.15) is 11.6 Å². The van der Waals surface area contributed by atoms with Gasteiger partial charge in [-0.25, -0.2) is 4.39 Å². The van der Waals surface area contributed by atoms with Crippen LogP contribution in [0.4, 0.5) is 4.39 Å². The standard InChI is InChI=1S/C17H18FNO3/c1-11-6-7-13(18)9-15(11)17(21)19-10-16(20)12-4-3-5-14(8-12)22-2/h3-9,16,20H,10H2,1-2H3,(H,19,21). The van der Waals surface area contributed by atoms with Crippen LogP contribution >= 0.6 is 0 Å². The van der Waals surface area contributed by atoms with Crippen LogP contribution in [0.3, 0.4) is 0 Å². The highest BCUT2D eigenvalue weighted by molar-refractivity contribution is 5.95. The fourth-order valence-electron chi connectivity index (χ4n) is 2.09. The van der Waals surface area contributed by atoms with E-state index in [0.717, 1.165) is 0 Å². The number of amides is 1. The lowest BCUT2D eigenvalue weighted by molar-refractivity contribution is 0.0915. The zero-order valence-electron chi connectivity index (χ0n) is 12.5. The van der Waals surface area contributed by atoms with Crippen molar-refractivity contribution >= 4 is 5.91 Å². The van der Waals surface area contributed by atoms with Crippen LogP contribution in [-0.4, -0.2) is 24.7 Å². The SMILES string of the molecule is COc1cccc(C(O)CNC(=O)c2cc(F)ccc2C)c1. The normalized spacial score (nSPS) is 11.8. The minimum atomic E-state index is -0.868. The molecule has 116 valence electrons. The second kappa shape index (κ2) is 7.04. The summed E-state index contributed by atoms with van der Waals surface area (Å²) in [5.41, 5.74) is 1.57. The van der Waals surface area contributed by atoms with E-state index in [9.17, 15) is 14.3 Å². The molecule has 0 bridgehead atoms. The number of carbonyl (C=O) groups excluding carboxylic acids is 1. The van der Waals surface area contributed by atoms with Gasteiger partial charge in [0.15, 0.2) is 0 Å². The maximum Gasteiger partial charge on any atom is 0.251 e. The Labute approximate surface area is 128 Å². The molecule has 0 saturated heterocycles. The zero-order chi connectivity index (χ0) is 16.1. The van der Waals surface area contributed by atoms with Crippen LogP contribution in [0.1, 0.15) is 27.6 Å². The van der Waals surface area contributed by atoms with Gasteiger partial charge in [-0.3, -0.25) is 4.79 Å². The second-order valence-corrected chi connectivity index (χ2v) is 4.96. The maximum absolute atomic E-state index is 13.2. The first-order valence-corrected chi connectivity index (χ1v) is 6.87. The second-order valence-electron chi connectivity index (χ2n) is 4.96. The molecule has 0 aliphatic heterocycles. The predicted octanol–water partition coefficient (Wildman–Crippen LogP) is 2.61. The molecule has 1 unspecified atom stereocenters. The number of hydrogen-bond acceptors (Lipinski definition) is 3. The Morgan fingerprint density at radius 2 is 2.09 bits per heavy atom. The van der Waals surface area contributed by atoms with Gasteiger partial charge in [-0.1, -0.05) is 18.2 Å². The van der Waals surface area contributed by atoms with Gasteiger partial charge in [-0.2, -0.15) is 0 Å². The molecule has 2 aromatic carbocycles. The van der Waals surface area contributed by atoms with E-state index < -0.39 is 17.8 Å². The first-order valence-electron chi connectivity index (χ1n) is 6.87. The Morgan fingerprint density at radius 3 is 2.82 bits per heavy atom. The number of aliphatic hydroxyl groups is 1. The Hall–Kier alpha value is -2.40. The molecule has 0 aliphatic carbocycles. The van der Waals surface area contributed by atoms with Crippen LogP contribution in [0.2, 0.25) is 0 Å². The topological polar surface area (TPSA) is 58.6 Å². The fourth-order valence-corrected chi connectivity index (χ4v) is 2.09. The molecule has 0 aliphatic rings. The van der Waals surface area contributed by atoms with Gasteiger partial charge in [0.05, 0.1) is 13.2 Å². The van der Waals surface area contributed by atoms with Crippen molar-refractivity contribution in [3.8, 4) is 5.75 Å². The van der Waals surface area contributed by atoms with E-state index in [1.807, 2.05) is 0 Å². The molecule has 2 rings (SSSR count). The van der Waals surface area contributed by atoms with E-state index in [-0.39, 0.29) is 12.1 Å². The number of nitrogens with one attached hydrogen (secondary N) is 1. The molecule has 4 nitrogen and oxygen atoms in total. The number of aryl methyl sites for hydroxylation is 1. The first kappa shape index (κ1) is 16.0. The van der Waals surface area contributed by atoms with Gasteiger partial charge in [0, 0.05) is 12.1 Å². The van der Waals surface area contributed by atoms with Crippen molar-refractivity contribution < 1.29 is 19.0 Å². The largest absolute Gasteiger partial charge is 0.497 e. The van der Waals surface area contributed by atoms with Crippen molar-refractivity contribution in [2.75, 3.05) is 13.7 Å². The summed E-state index contributed by atoms with van der Waals surface area (Å²) in [6.07, 6.45) is -0.868. The molecule has 0 aromatic heterocycles. The van der Waals surface area contributed by atoms with Crippen LogP contribution < -0.4 is 10.1 Å². The molecule has 0 fully saturated rings. The third-order valence-electron chi connectivity index (χ3n) is 3.38. The van der Waals surface area contributed by atoms with E-state index in [2.05, 4.69) is 5.32 Å². The number of carbonyl (C=O) groups is 1. The highest BCUT2D eigenvalue weighted by Gasteiger charge is 2.13. The molecule has 22 heavy (non-hydrogen) atoms. The molecule has 2 N–H and O–H groups in total. The Balaban J connectivity index is 2.02. The molecular weight excluding hydrogens is 285 g/mol. The Morgan fingerprint density at radius 1 is 1.32 bits per heavy atom. The van der Waals surface area contributed by atoms with Gasteiger partial charge < -0.3 is 15.2 Å². The Bertz CT molecular complexity index is 673. The molecule has 0 spiro atoms. The van der Waals surface area contributed by atoms with Gasteiger partial charge in [-0.15, -0.1) is 0 Å². The van der Waals surface area contributed by atoms with Gasteiger partial charge in [0.2, 0.25) is 0 Å². The first-order chi connectivity index (χ1) is 10.5. The fraction of sp³-hybridized carbons (Fsp3) is 0.235. The molecule has 0 radical (unpaired) electrons. The third-order valence-corrected chi connectivity index (χ3v) is 3.38. The van der Waals surface area contributed by atoms with Crippen LogP contribution in [0.15, 0.2) is 42.5 Å². The molecular formula is C17H18FNO3. The van der Waals surface area contributed by atoms with Crippen molar-refractivity contribution in [3.05, 3.63) is 65.0 Å². The number of benzene rings is 2. The van der Waals surface area contributed by atoms with Crippen molar-refractivity contribution in [2.24, 2.45) is 0 Å². The minimum Gasteiger partial charge on any atom is -0.497 e. The number of rotatable bonds is 5. The molecule has 0 heterocycles. The molecule has 1 atom stereocenters. The summed E-state index contributed by atoms with van der Waals surface area (Å²) in [6, 6.07) is 11.0.